The molecule has 1 rings (SSSR count). The maximum atomic E-state index is 12.2. The summed E-state index contributed by atoms with van der Waals surface area (Å²) in [5.41, 5.74) is 1.11. The largest absolute Gasteiger partial charge is 0.466 e. The zero-order valence-corrected chi connectivity index (χ0v) is 13.2. The number of benzene rings is 1. The third-order valence-corrected chi connectivity index (χ3v) is 3.13. The molecule has 0 N–H and O–H groups in total. The summed E-state index contributed by atoms with van der Waals surface area (Å²) in [6.45, 7) is 7.17. The van der Waals surface area contributed by atoms with Crippen molar-refractivity contribution in [1.29, 1.82) is 0 Å². The van der Waals surface area contributed by atoms with Crippen molar-refractivity contribution in [2.45, 2.75) is 39.9 Å². The number of ether oxygens (including phenoxy) is 3. The van der Waals surface area contributed by atoms with Crippen LogP contribution in [0.4, 0.5) is 0 Å². The Morgan fingerprint density at radius 1 is 1.00 bits per heavy atom. The third-order valence-electron chi connectivity index (χ3n) is 3.13. The molecule has 1 aromatic rings. The highest BCUT2D eigenvalue weighted by Gasteiger charge is 2.25. The van der Waals surface area contributed by atoms with Crippen LogP contribution in [0, 0.1) is 5.92 Å². The Labute approximate surface area is 127 Å². The number of carbonyl (C=O) groups excluding carboxylic acids is 1. The summed E-state index contributed by atoms with van der Waals surface area (Å²) in [5, 5.41) is 0. The maximum absolute atomic E-state index is 12.2. The second kappa shape index (κ2) is 10.4. The van der Waals surface area contributed by atoms with Crippen LogP contribution < -0.4 is 0 Å². The Morgan fingerprint density at radius 3 is 2.14 bits per heavy atom. The Bertz CT molecular complexity index is 385. The van der Waals surface area contributed by atoms with Crippen molar-refractivity contribution >= 4 is 5.97 Å². The van der Waals surface area contributed by atoms with Gasteiger partial charge in [0.05, 0.1) is 12.5 Å². The molecule has 1 aromatic carbocycles. The van der Waals surface area contributed by atoms with Gasteiger partial charge in [0, 0.05) is 19.6 Å². The molecule has 0 heterocycles. The van der Waals surface area contributed by atoms with Crippen LogP contribution in [0.25, 0.3) is 0 Å². The van der Waals surface area contributed by atoms with E-state index in [0.717, 1.165) is 5.56 Å². The number of hydrogen-bond acceptors (Lipinski definition) is 4. The molecule has 0 aromatic heterocycles. The minimum absolute atomic E-state index is 0.189. The molecule has 1 atom stereocenters. The van der Waals surface area contributed by atoms with Crippen LogP contribution in [0.2, 0.25) is 0 Å². The molecule has 4 nitrogen and oxygen atoms in total. The predicted octanol–water partition coefficient (Wildman–Crippen LogP) is 3.20. The van der Waals surface area contributed by atoms with Gasteiger partial charge in [-0.3, -0.25) is 4.79 Å². The fourth-order valence-electron chi connectivity index (χ4n) is 2.21. The monoisotopic (exact) mass is 294 g/mol. The van der Waals surface area contributed by atoms with Gasteiger partial charge in [0.15, 0.2) is 6.29 Å². The van der Waals surface area contributed by atoms with Crippen LogP contribution in [0.15, 0.2) is 30.3 Å². The molecular weight excluding hydrogens is 268 g/mol. The van der Waals surface area contributed by atoms with Gasteiger partial charge in [-0.2, -0.15) is 0 Å². The second-order valence-electron chi connectivity index (χ2n) is 4.71. The van der Waals surface area contributed by atoms with Crippen molar-refractivity contribution < 1.29 is 19.0 Å². The van der Waals surface area contributed by atoms with E-state index in [1.54, 1.807) is 0 Å². The minimum Gasteiger partial charge on any atom is -0.466 e. The highest BCUT2D eigenvalue weighted by Crippen LogP contribution is 2.18. The van der Waals surface area contributed by atoms with Gasteiger partial charge >= 0.3 is 5.97 Å². The zero-order chi connectivity index (χ0) is 15.5. The molecule has 0 aliphatic heterocycles. The van der Waals surface area contributed by atoms with Crippen molar-refractivity contribution in [3.8, 4) is 0 Å². The molecule has 0 aliphatic rings. The molecule has 0 radical (unpaired) electrons. The highest BCUT2D eigenvalue weighted by molar-refractivity contribution is 5.72. The number of rotatable bonds is 10. The first-order valence-electron chi connectivity index (χ1n) is 7.64. The van der Waals surface area contributed by atoms with E-state index in [9.17, 15) is 4.79 Å². The van der Waals surface area contributed by atoms with Gasteiger partial charge in [0.1, 0.15) is 0 Å². The minimum atomic E-state index is -0.363. The third kappa shape index (κ3) is 6.74. The van der Waals surface area contributed by atoms with Gasteiger partial charge in [-0.05, 0) is 32.8 Å². The Kier molecular flexibility index (Phi) is 8.71. The number of carbonyl (C=O) groups is 1. The number of hydrogen-bond donors (Lipinski definition) is 0. The zero-order valence-electron chi connectivity index (χ0n) is 13.2. The normalized spacial score (nSPS) is 12.4. The number of esters is 1. The first kappa shape index (κ1) is 17.7. The van der Waals surface area contributed by atoms with Gasteiger partial charge in [-0.1, -0.05) is 30.3 Å². The van der Waals surface area contributed by atoms with Crippen LogP contribution >= 0.6 is 0 Å². The van der Waals surface area contributed by atoms with Crippen LogP contribution in [0.5, 0.6) is 0 Å². The summed E-state index contributed by atoms with van der Waals surface area (Å²) < 4.78 is 16.3. The first-order valence-corrected chi connectivity index (χ1v) is 7.64. The van der Waals surface area contributed by atoms with Gasteiger partial charge in [0.25, 0.3) is 0 Å². The summed E-state index contributed by atoms with van der Waals surface area (Å²) >= 11 is 0. The Morgan fingerprint density at radius 2 is 1.62 bits per heavy atom. The summed E-state index contributed by atoms with van der Waals surface area (Å²) in [6.07, 6.45) is 0.782. The van der Waals surface area contributed by atoms with Gasteiger partial charge < -0.3 is 14.2 Å². The Balaban J connectivity index is 2.73. The van der Waals surface area contributed by atoms with E-state index >= 15 is 0 Å². The Hall–Kier alpha value is -1.39. The molecular formula is C17H26O4. The van der Waals surface area contributed by atoms with E-state index in [4.69, 9.17) is 14.2 Å². The molecule has 0 saturated heterocycles. The fourth-order valence-corrected chi connectivity index (χ4v) is 2.21. The lowest BCUT2D eigenvalue weighted by Gasteiger charge is -2.22. The fraction of sp³-hybridized carbons (Fsp3) is 0.588. The highest BCUT2D eigenvalue weighted by atomic mass is 16.7. The lowest BCUT2D eigenvalue weighted by atomic mass is 9.96. The van der Waals surface area contributed by atoms with E-state index in [2.05, 4.69) is 0 Å². The molecule has 4 heteroatoms. The second-order valence-corrected chi connectivity index (χ2v) is 4.71. The molecule has 21 heavy (non-hydrogen) atoms. The lowest BCUT2D eigenvalue weighted by molar-refractivity contribution is -0.164. The SMILES string of the molecule is CCOC(=O)C(Cc1ccccc1)CC(OCC)OCC. The van der Waals surface area contributed by atoms with E-state index in [1.165, 1.54) is 0 Å². The van der Waals surface area contributed by atoms with Crippen LogP contribution in [0.1, 0.15) is 32.8 Å². The standard InChI is InChI=1S/C17H26O4/c1-4-19-16(20-5-2)13-15(17(18)21-6-3)12-14-10-8-7-9-11-14/h7-11,15-16H,4-6,12-13H2,1-3H3. The van der Waals surface area contributed by atoms with Crippen molar-refractivity contribution in [2.24, 2.45) is 5.92 Å². The van der Waals surface area contributed by atoms with Gasteiger partial charge in [0.2, 0.25) is 0 Å². The molecule has 1 unspecified atom stereocenters. The van der Waals surface area contributed by atoms with Gasteiger partial charge in [-0.25, -0.2) is 0 Å². The summed E-state index contributed by atoms with van der Waals surface area (Å²) in [5.74, 6) is -0.443. The van der Waals surface area contributed by atoms with Gasteiger partial charge in [-0.15, -0.1) is 0 Å². The summed E-state index contributed by atoms with van der Waals surface area (Å²) in [7, 11) is 0. The van der Waals surface area contributed by atoms with E-state index < -0.39 is 0 Å². The predicted molar refractivity (Wildman–Crippen MR) is 81.9 cm³/mol. The average Bonchev–Trinajstić information content (AvgIpc) is 2.48. The molecule has 118 valence electrons. The quantitative estimate of drug-likeness (QED) is 0.491. The lowest BCUT2D eigenvalue weighted by Crippen LogP contribution is -2.28. The van der Waals surface area contributed by atoms with E-state index in [0.29, 0.717) is 32.7 Å². The first-order chi connectivity index (χ1) is 10.2. The molecule has 0 amide bonds. The molecule has 0 spiro atoms. The van der Waals surface area contributed by atoms with Crippen molar-refractivity contribution in [3.63, 3.8) is 0 Å². The van der Waals surface area contributed by atoms with Crippen molar-refractivity contribution in [3.05, 3.63) is 35.9 Å². The maximum Gasteiger partial charge on any atom is 0.309 e. The van der Waals surface area contributed by atoms with Crippen LogP contribution in [0.3, 0.4) is 0 Å². The van der Waals surface area contributed by atoms with E-state index in [-0.39, 0.29) is 18.2 Å². The summed E-state index contributed by atoms with van der Waals surface area (Å²) in [6, 6.07) is 9.94. The molecule has 0 bridgehead atoms. The molecule has 0 aliphatic carbocycles. The average molecular weight is 294 g/mol. The topological polar surface area (TPSA) is 44.8 Å². The van der Waals surface area contributed by atoms with Crippen molar-refractivity contribution in [2.75, 3.05) is 19.8 Å². The molecule has 0 fully saturated rings. The van der Waals surface area contributed by atoms with Crippen LogP contribution in [-0.2, 0) is 25.4 Å². The van der Waals surface area contributed by atoms with Crippen molar-refractivity contribution in [1.82, 2.24) is 0 Å². The van der Waals surface area contributed by atoms with Crippen LogP contribution in [-0.4, -0.2) is 32.1 Å². The smallest absolute Gasteiger partial charge is 0.309 e. The van der Waals surface area contributed by atoms with E-state index in [1.807, 2.05) is 51.1 Å². The summed E-state index contributed by atoms with van der Waals surface area (Å²) in [4.78, 5) is 12.2. The molecule has 0 saturated carbocycles.